The number of hydrogen-bond donors (Lipinski definition) is 3. The lowest BCUT2D eigenvalue weighted by Crippen LogP contribution is -2.21. The molecule has 1 fully saturated rings. The average molecular weight is 279 g/mol. The molecule has 112 valence electrons. The number of aryl methyl sites for hydroxylation is 1. The van der Waals surface area contributed by atoms with Crippen LogP contribution in [0.1, 0.15) is 43.5 Å². The van der Waals surface area contributed by atoms with Crippen LogP contribution in [0.4, 0.5) is 11.6 Å². The van der Waals surface area contributed by atoms with Crippen molar-refractivity contribution in [2.45, 2.75) is 52.1 Å². The van der Waals surface area contributed by atoms with Gasteiger partial charge in [-0.05, 0) is 26.7 Å². The minimum absolute atomic E-state index is 0.444. The van der Waals surface area contributed by atoms with E-state index in [2.05, 4.69) is 20.7 Å². The standard InChI is InChI=1S/C14H25N5O/c1-10-13(17-11(2)18-14(10)19-15)16-8-9-20-12-6-4-3-5-7-12/h12H,3-9,15H2,1-2H3,(H2,16,17,18,19). The number of rotatable bonds is 6. The van der Waals surface area contributed by atoms with Crippen LogP contribution < -0.4 is 16.6 Å². The quantitative estimate of drug-likeness (QED) is 0.420. The van der Waals surface area contributed by atoms with Gasteiger partial charge in [0, 0.05) is 12.1 Å². The van der Waals surface area contributed by atoms with Gasteiger partial charge in [0.1, 0.15) is 17.5 Å². The van der Waals surface area contributed by atoms with E-state index in [9.17, 15) is 0 Å². The largest absolute Gasteiger partial charge is 0.376 e. The van der Waals surface area contributed by atoms with E-state index in [1.54, 1.807) is 0 Å². The molecule has 0 aliphatic heterocycles. The van der Waals surface area contributed by atoms with Crippen LogP contribution in [0, 0.1) is 13.8 Å². The van der Waals surface area contributed by atoms with Crippen molar-refractivity contribution < 1.29 is 4.74 Å². The Morgan fingerprint density at radius 3 is 2.55 bits per heavy atom. The number of nitrogen functional groups attached to an aromatic ring is 1. The smallest absolute Gasteiger partial charge is 0.148 e. The first-order chi connectivity index (χ1) is 9.70. The van der Waals surface area contributed by atoms with Crippen molar-refractivity contribution >= 4 is 11.6 Å². The topological polar surface area (TPSA) is 85.1 Å². The summed E-state index contributed by atoms with van der Waals surface area (Å²) in [5, 5.41) is 3.30. The second kappa shape index (κ2) is 7.40. The molecule has 0 bridgehead atoms. The van der Waals surface area contributed by atoms with Gasteiger partial charge in [0.2, 0.25) is 0 Å². The second-order valence-electron chi connectivity index (χ2n) is 5.29. The predicted molar refractivity (Wildman–Crippen MR) is 80.6 cm³/mol. The monoisotopic (exact) mass is 279 g/mol. The molecule has 1 heterocycles. The first-order valence-corrected chi connectivity index (χ1v) is 7.38. The summed E-state index contributed by atoms with van der Waals surface area (Å²) in [6, 6.07) is 0. The molecule has 1 saturated carbocycles. The van der Waals surface area contributed by atoms with Crippen molar-refractivity contribution in [3.05, 3.63) is 11.4 Å². The molecule has 0 atom stereocenters. The van der Waals surface area contributed by atoms with Gasteiger partial charge in [0.05, 0.1) is 12.7 Å². The van der Waals surface area contributed by atoms with Gasteiger partial charge in [0.15, 0.2) is 0 Å². The van der Waals surface area contributed by atoms with Gasteiger partial charge >= 0.3 is 0 Å². The highest BCUT2D eigenvalue weighted by molar-refractivity contribution is 5.56. The Labute approximate surface area is 120 Å². The lowest BCUT2D eigenvalue weighted by atomic mass is 9.98. The second-order valence-corrected chi connectivity index (χ2v) is 5.29. The maximum Gasteiger partial charge on any atom is 0.148 e. The molecule has 20 heavy (non-hydrogen) atoms. The van der Waals surface area contributed by atoms with Crippen molar-refractivity contribution in [2.24, 2.45) is 5.84 Å². The van der Waals surface area contributed by atoms with Gasteiger partial charge in [0.25, 0.3) is 0 Å². The van der Waals surface area contributed by atoms with Crippen LogP contribution in [0.3, 0.4) is 0 Å². The molecule has 0 spiro atoms. The number of nitrogens with one attached hydrogen (secondary N) is 2. The number of hydrogen-bond acceptors (Lipinski definition) is 6. The van der Waals surface area contributed by atoms with E-state index in [4.69, 9.17) is 10.6 Å². The van der Waals surface area contributed by atoms with Crippen molar-refractivity contribution in [3.63, 3.8) is 0 Å². The third kappa shape index (κ3) is 4.05. The minimum atomic E-state index is 0.444. The molecule has 1 aromatic heterocycles. The van der Waals surface area contributed by atoms with Crippen molar-refractivity contribution in [3.8, 4) is 0 Å². The molecule has 1 aliphatic carbocycles. The highest BCUT2D eigenvalue weighted by Crippen LogP contribution is 2.21. The molecular formula is C14H25N5O. The van der Waals surface area contributed by atoms with E-state index >= 15 is 0 Å². The molecule has 1 aliphatic rings. The fourth-order valence-corrected chi connectivity index (χ4v) is 2.57. The summed E-state index contributed by atoms with van der Waals surface area (Å²) in [6.45, 7) is 5.25. The van der Waals surface area contributed by atoms with E-state index in [-0.39, 0.29) is 0 Å². The number of hydrazine groups is 1. The third-order valence-electron chi connectivity index (χ3n) is 3.69. The van der Waals surface area contributed by atoms with E-state index in [0.29, 0.717) is 24.4 Å². The summed E-state index contributed by atoms with van der Waals surface area (Å²) in [5.74, 6) is 7.62. The molecule has 1 aromatic rings. The normalized spacial score (nSPS) is 16.1. The fourth-order valence-electron chi connectivity index (χ4n) is 2.57. The lowest BCUT2D eigenvalue weighted by Gasteiger charge is -2.22. The molecule has 0 radical (unpaired) electrons. The molecule has 6 nitrogen and oxygen atoms in total. The van der Waals surface area contributed by atoms with E-state index in [1.165, 1.54) is 32.1 Å². The van der Waals surface area contributed by atoms with Crippen molar-refractivity contribution in [1.82, 2.24) is 9.97 Å². The van der Waals surface area contributed by atoms with Crippen LogP contribution in [-0.4, -0.2) is 29.2 Å². The zero-order valence-corrected chi connectivity index (χ0v) is 12.4. The number of ether oxygens (including phenoxy) is 1. The summed E-state index contributed by atoms with van der Waals surface area (Å²) in [4.78, 5) is 8.63. The third-order valence-corrected chi connectivity index (χ3v) is 3.69. The summed E-state index contributed by atoms with van der Waals surface area (Å²) < 4.78 is 5.89. The van der Waals surface area contributed by atoms with Gasteiger partial charge in [-0.2, -0.15) is 0 Å². The summed E-state index contributed by atoms with van der Waals surface area (Å²) in [6.07, 6.45) is 6.80. The Hall–Kier alpha value is -1.40. The average Bonchev–Trinajstić information content (AvgIpc) is 2.47. The lowest BCUT2D eigenvalue weighted by molar-refractivity contribution is 0.0347. The molecular weight excluding hydrogens is 254 g/mol. The molecule has 0 aromatic carbocycles. The molecule has 0 saturated heterocycles. The van der Waals surface area contributed by atoms with Gasteiger partial charge in [-0.25, -0.2) is 15.8 Å². The van der Waals surface area contributed by atoms with Crippen LogP contribution in [0.5, 0.6) is 0 Å². The minimum Gasteiger partial charge on any atom is -0.376 e. The van der Waals surface area contributed by atoms with Crippen LogP contribution in [-0.2, 0) is 4.74 Å². The highest BCUT2D eigenvalue weighted by Gasteiger charge is 2.13. The zero-order chi connectivity index (χ0) is 14.4. The number of anilines is 2. The summed E-state index contributed by atoms with van der Waals surface area (Å²) in [5.41, 5.74) is 3.52. The van der Waals surface area contributed by atoms with E-state index in [0.717, 1.165) is 17.9 Å². The number of aromatic nitrogens is 2. The van der Waals surface area contributed by atoms with E-state index in [1.807, 2.05) is 13.8 Å². The Morgan fingerprint density at radius 1 is 1.15 bits per heavy atom. The first kappa shape index (κ1) is 15.0. The number of nitrogens with two attached hydrogens (primary N) is 1. The fraction of sp³-hybridized carbons (Fsp3) is 0.714. The zero-order valence-electron chi connectivity index (χ0n) is 12.4. The number of nitrogens with zero attached hydrogens (tertiary/aromatic N) is 2. The Kier molecular flexibility index (Phi) is 5.55. The SMILES string of the molecule is Cc1nc(NN)c(C)c(NCCOC2CCCCC2)n1. The molecule has 4 N–H and O–H groups in total. The van der Waals surface area contributed by atoms with Crippen LogP contribution in [0.25, 0.3) is 0 Å². The van der Waals surface area contributed by atoms with Crippen molar-refractivity contribution in [2.75, 3.05) is 23.9 Å². The predicted octanol–water partition coefficient (Wildman–Crippen LogP) is 2.14. The summed E-state index contributed by atoms with van der Waals surface area (Å²) >= 11 is 0. The summed E-state index contributed by atoms with van der Waals surface area (Å²) in [7, 11) is 0. The van der Waals surface area contributed by atoms with Crippen LogP contribution in [0.15, 0.2) is 0 Å². The Balaban J connectivity index is 1.80. The van der Waals surface area contributed by atoms with Crippen molar-refractivity contribution in [1.29, 1.82) is 0 Å². The maximum absolute atomic E-state index is 5.89. The van der Waals surface area contributed by atoms with Gasteiger partial charge in [-0.15, -0.1) is 0 Å². The molecule has 0 amide bonds. The molecule has 2 rings (SSSR count). The van der Waals surface area contributed by atoms with Gasteiger partial charge in [-0.1, -0.05) is 19.3 Å². The van der Waals surface area contributed by atoms with Crippen LogP contribution in [0.2, 0.25) is 0 Å². The van der Waals surface area contributed by atoms with Gasteiger partial charge < -0.3 is 15.5 Å². The molecule has 6 heteroatoms. The van der Waals surface area contributed by atoms with Gasteiger partial charge in [-0.3, -0.25) is 0 Å². The van der Waals surface area contributed by atoms with Crippen LogP contribution >= 0.6 is 0 Å². The highest BCUT2D eigenvalue weighted by atomic mass is 16.5. The molecule has 0 unspecified atom stereocenters. The first-order valence-electron chi connectivity index (χ1n) is 7.38. The van der Waals surface area contributed by atoms with E-state index < -0.39 is 0 Å². The Morgan fingerprint density at radius 2 is 1.85 bits per heavy atom. The maximum atomic E-state index is 5.89. The Bertz CT molecular complexity index is 432.